The second-order valence-electron chi connectivity index (χ2n) is 4.52. The molecule has 0 aliphatic rings. The fourth-order valence-electron chi connectivity index (χ4n) is 1.70. The number of aryl methyl sites for hydroxylation is 1. The highest BCUT2D eigenvalue weighted by Crippen LogP contribution is 2.12. The Bertz CT molecular complexity index is 729. The van der Waals surface area contributed by atoms with Gasteiger partial charge in [0.2, 0.25) is 0 Å². The van der Waals surface area contributed by atoms with Crippen LogP contribution in [0.5, 0.6) is 0 Å². The Morgan fingerprint density at radius 2 is 1.86 bits per heavy atom. The van der Waals surface area contributed by atoms with Gasteiger partial charge in [-0.25, -0.2) is 5.43 Å². The van der Waals surface area contributed by atoms with Gasteiger partial charge in [0.05, 0.1) is 6.21 Å². The minimum absolute atomic E-state index is 0.563. The van der Waals surface area contributed by atoms with Crippen molar-refractivity contribution in [1.82, 2.24) is 5.43 Å². The van der Waals surface area contributed by atoms with E-state index in [2.05, 4.69) is 15.8 Å². The van der Waals surface area contributed by atoms with Crippen molar-refractivity contribution < 1.29 is 9.59 Å². The smallest absolute Gasteiger partial charge is 0.317 e. The molecule has 0 aromatic heterocycles. The Balaban J connectivity index is 1.92. The van der Waals surface area contributed by atoms with Crippen LogP contribution in [0.4, 0.5) is 5.69 Å². The Kier molecular flexibility index (Phi) is 5.27. The minimum atomic E-state index is -0.846. The van der Waals surface area contributed by atoms with E-state index in [4.69, 9.17) is 11.6 Å². The van der Waals surface area contributed by atoms with Crippen LogP contribution in [0.15, 0.2) is 53.6 Å². The van der Waals surface area contributed by atoms with Crippen LogP contribution in [-0.4, -0.2) is 18.0 Å². The number of carbonyl (C=O) groups excluding carboxylic acids is 2. The number of hydrogen-bond acceptors (Lipinski definition) is 3. The summed E-state index contributed by atoms with van der Waals surface area (Å²) in [6, 6.07) is 14.1. The normalized spacial score (nSPS) is 10.5. The van der Waals surface area contributed by atoms with Crippen molar-refractivity contribution in [3.63, 3.8) is 0 Å². The van der Waals surface area contributed by atoms with Gasteiger partial charge < -0.3 is 5.32 Å². The lowest BCUT2D eigenvalue weighted by Gasteiger charge is -2.06. The molecule has 0 saturated heterocycles. The topological polar surface area (TPSA) is 70.6 Å². The van der Waals surface area contributed by atoms with Crippen LogP contribution in [0, 0.1) is 6.92 Å². The molecule has 0 radical (unpaired) electrons. The molecule has 0 atom stereocenters. The van der Waals surface area contributed by atoms with Gasteiger partial charge in [-0.05, 0) is 36.2 Å². The predicted octanol–water partition coefficient (Wildman–Crippen LogP) is 2.74. The van der Waals surface area contributed by atoms with Gasteiger partial charge in [0.1, 0.15) is 0 Å². The van der Waals surface area contributed by atoms with Gasteiger partial charge in [-0.3, -0.25) is 9.59 Å². The lowest BCUT2D eigenvalue weighted by atomic mass is 10.2. The molecule has 0 aliphatic heterocycles. The average molecular weight is 316 g/mol. The third kappa shape index (κ3) is 4.43. The molecule has 2 aromatic carbocycles. The Morgan fingerprint density at radius 3 is 2.59 bits per heavy atom. The molecule has 2 rings (SSSR count). The molecule has 0 aliphatic carbocycles. The zero-order valence-electron chi connectivity index (χ0n) is 11.8. The predicted molar refractivity (Wildman–Crippen MR) is 87.0 cm³/mol. The molecule has 22 heavy (non-hydrogen) atoms. The maximum Gasteiger partial charge on any atom is 0.329 e. The van der Waals surface area contributed by atoms with Crippen LogP contribution < -0.4 is 10.7 Å². The first-order chi connectivity index (χ1) is 10.6. The highest BCUT2D eigenvalue weighted by atomic mass is 35.5. The SMILES string of the molecule is Cc1ccccc1NC(=O)C(=O)N/N=C\c1cccc(Cl)c1. The Labute approximate surface area is 133 Å². The maximum atomic E-state index is 11.7. The molecule has 2 aromatic rings. The zero-order chi connectivity index (χ0) is 15.9. The first kappa shape index (κ1) is 15.7. The lowest BCUT2D eigenvalue weighted by molar-refractivity contribution is -0.136. The number of nitrogens with zero attached hydrogens (tertiary/aromatic N) is 1. The summed E-state index contributed by atoms with van der Waals surface area (Å²) < 4.78 is 0. The van der Waals surface area contributed by atoms with E-state index in [1.165, 1.54) is 6.21 Å². The van der Waals surface area contributed by atoms with E-state index in [9.17, 15) is 9.59 Å². The van der Waals surface area contributed by atoms with Crippen molar-refractivity contribution >= 4 is 35.3 Å². The quantitative estimate of drug-likeness (QED) is 0.519. The molecular weight excluding hydrogens is 302 g/mol. The summed E-state index contributed by atoms with van der Waals surface area (Å²) in [5.41, 5.74) is 4.33. The average Bonchev–Trinajstić information content (AvgIpc) is 2.49. The van der Waals surface area contributed by atoms with Gasteiger partial charge in [-0.1, -0.05) is 41.9 Å². The van der Waals surface area contributed by atoms with Crippen molar-refractivity contribution in [2.24, 2.45) is 5.10 Å². The van der Waals surface area contributed by atoms with Crippen LogP contribution in [0.3, 0.4) is 0 Å². The van der Waals surface area contributed by atoms with Crippen LogP contribution in [0.2, 0.25) is 5.02 Å². The first-order valence-corrected chi connectivity index (χ1v) is 6.89. The van der Waals surface area contributed by atoms with E-state index in [1.807, 2.05) is 19.1 Å². The number of hydrazone groups is 1. The van der Waals surface area contributed by atoms with Crippen LogP contribution in [-0.2, 0) is 9.59 Å². The molecule has 5 nitrogen and oxygen atoms in total. The summed E-state index contributed by atoms with van der Waals surface area (Å²) in [6.07, 6.45) is 1.41. The van der Waals surface area contributed by atoms with Gasteiger partial charge in [0.15, 0.2) is 0 Å². The second kappa shape index (κ2) is 7.38. The lowest BCUT2D eigenvalue weighted by Crippen LogP contribution is -2.32. The highest BCUT2D eigenvalue weighted by molar-refractivity contribution is 6.39. The molecule has 0 unspecified atom stereocenters. The van der Waals surface area contributed by atoms with E-state index in [0.717, 1.165) is 5.56 Å². The molecule has 0 spiro atoms. The summed E-state index contributed by atoms with van der Waals surface area (Å²) in [5.74, 6) is -1.63. The molecule has 0 fully saturated rings. The van der Waals surface area contributed by atoms with Crippen LogP contribution in [0.1, 0.15) is 11.1 Å². The van der Waals surface area contributed by atoms with E-state index < -0.39 is 11.8 Å². The summed E-state index contributed by atoms with van der Waals surface area (Å²) in [7, 11) is 0. The number of hydrogen-bond donors (Lipinski definition) is 2. The molecule has 0 bridgehead atoms. The Hall–Kier alpha value is -2.66. The van der Waals surface area contributed by atoms with Gasteiger partial charge in [-0.15, -0.1) is 0 Å². The number of amides is 2. The van der Waals surface area contributed by atoms with Crippen molar-refractivity contribution in [2.75, 3.05) is 5.32 Å². The largest absolute Gasteiger partial charge is 0.329 e. The summed E-state index contributed by atoms with van der Waals surface area (Å²) in [4.78, 5) is 23.4. The molecule has 2 N–H and O–H groups in total. The number of carbonyl (C=O) groups is 2. The highest BCUT2D eigenvalue weighted by Gasteiger charge is 2.13. The number of anilines is 1. The number of rotatable bonds is 3. The standard InChI is InChI=1S/C16H14ClN3O2/c1-11-5-2-3-8-14(11)19-15(21)16(22)20-18-10-12-6-4-7-13(17)9-12/h2-10H,1H3,(H,19,21)(H,20,22)/b18-10-. The van der Waals surface area contributed by atoms with E-state index in [1.54, 1.807) is 36.4 Å². The summed E-state index contributed by atoms with van der Waals surface area (Å²) in [5, 5.41) is 6.81. The molecule has 0 heterocycles. The van der Waals surface area contributed by atoms with E-state index in [0.29, 0.717) is 16.3 Å². The first-order valence-electron chi connectivity index (χ1n) is 6.52. The summed E-state index contributed by atoms with van der Waals surface area (Å²) in [6.45, 7) is 1.84. The molecule has 6 heteroatoms. The third-order valence-electron chi connectivity index (χ3n) is 2.83. The fraction of sp³-hybridized carbons (Fsp3) is 0.0625. The van der Waals surface area contributed by atoms with E-state index in [-0.39, 0.29) is 0 Å². The molecular formula is C16H14ClN3O2. The van der Waals surface area contributed by atoms with Gasteiger partial charge in [-0.2, -0.15) is 5.10 Å². The van der Waals surface area contributed by atoms with Crippen LogP contribution >= 0.6 is 11.6 Å². The van der Waals surface area contributed by atoms with Crippen molar-refractivity contribution in [2.45, 2.75) is 6.92 Å². The molecule has 2 amide bonds. The van der Waals surface area contributed by atoms with Crippen molar-refractivity contribution in [1.29, 1.82) is 0 Å². The third-order valence-corrected chi connectivity index (χ3v) is 3.06. The minimum Gasteiger partial charge on any atom is -0.317 e. The zero-order valence-corrected chi connectivity index (χ0v) is 12.6. The van der Waals surface area contributed by atoms with Crippen molar-refractivity contribution in [3.05, 3.63) is 64.7 Å². The monoisotopic (exact) mass is 315 g/mol. The number of halogens is 1. The van der Waals surface area contributed by atoms with Gasteiger partial charge >= 0.3 is 11.8 Å². The van der Waals surface area contributed by atoms with E-state index >= 15 is 0 Å². The van der Waals surface area contributed by atoms with Gasteiger partial charge in [0.25, 0.3) is 0 Å². The molecule has 112 valence electrons. The number of nitrogens with one attached hydrogen (secondary N) is 2. The summed E-state index contributed by atoms with van der Waals surface area (Å²) >= 11 is 5.83. The second-order valence-corrected chi connectivity index (χ2v) is 4.96. The molecule has 0 saturated carbocycles. The van der Waals surface area contributed by atoms with Crippen molar-refractivity contribution in [3.8, 4) is 0 Å². The maximum absolute atomic E-state index is 11.7. The van der Waals surface area contributed by atoms with Crippen LogP contribution in [0.25, 0.3) is 0 Å². The number of para-hydroxylation sites is 1. The van der Waals surface area contributed by atoms with Gasteiger partial charge in [0, 0.05) is 10.7 Å². The number of benzene rings is 2. The fourth-order valence-corrected chi connectivity index (χ4v) is 1.89. The Morgan fingerprint density at radius 1 is 1.09 bits per heavy atom.